The number of amides is 1. The highest BCUT2D eigenvalue weighted by atomic mass is 32.2. The maximum Gasteiger partial charge on any atom is 0.274 e. The Morgan fingerprint density at radius 3 is 2.77 bits per heavy atom. The second kappa shape index (κ2) is 7.74. The number of hydrogen-bond acceptors (Lipinski definition) is 7. The van der Waals surface area contributed by atoms with Gasteiger partial charge in [0.15, 0.2) is 0 Å². The number of para-hydroxylation sites is 1. The van der Waals surface area contributed by atoms with Crippen LogP contribution >= 0.6 is 11.8 Å². The minimum atomic E-state index is -0.478. The van der Waals surface area contributed by atoms with Gasteiger partial charge >= 0.3 is 0 Å². The van der Waals surface area contributed by atoms with Gasteiger partial charge in [-0.3, -0.25) is 14.9 Å². The fraction of sp³-hybridized carbons (Fsp3) is 0.125. The number of tetrazole rings is 1. The third kappa shape index (κ3) is 4.03. The van der Waals surface area contributed by atoms with Gasteiger partial charge < -0.3 is 5.32 Å². The second-order valence-corrected chi connectivity index (χ2v) is 6.25. The van der Waals surface area contributed by atoms with Crippen LogP contribution in [0.15, 0.2) is 53.7 Å². The van der Waals surface area contributed by atoms with Gasteiger partial charge in [-0.1, -0.05) is 36.0 Å². The molecule has 0 atom stereocenters. The first-order chi connectivity index (χ1) is 12.5. The molecule has 0 unspecified atom stereocenters. The van der Waals surface area contributed by atoms with Crippen molar-refractivity contribution in [1.29, 1.82) is 0 Å². The number of carbonyl (C=O) groups is 1. The van der Waals surface area contributed by atoms with Gasteiger partial charge in [-0.25, -0.2) is 0 Å². The third-order valence-corrected chi connectivity index (χ3v) is 4.38. The Labute approximate surface area is 152 Å². The summed E-state index contributed by atoms with van der Waals surface area (Å²) in [5.74, 6) is -0.245. The molecular formula is C16H14N6O3S. The van der Waals surface area contributed by atoms with Crippen molar-refractivity contribution in [3.63, 3.8) is 0 Å². The van der Waals surface area contributed by atoms with Crippen LogP contribution in [0.25, 0.3) is 5.69 Å². The van der Waals surface area contributed by atoms with Crippen molar-refractivity contribution >= 4 is 29.0 Å². The largest absolute Gasteiger partial charge is 0.325 e. The van der Waals surface area contributed by atoms with Crippen LogP contribution in [0.5, 0.6) is 0 Å². The third-order valence-electron chi connectivity index (χ3n) is 3.46. The monoisotopic (exact) mass is 370 g/mol. The van der Waals surface area contributed by atoms with Gasteiger partial charge in [0.05, 0.1) is 16.4 Å². The zero-order chi connectivity index (χ0) is 18.5. The Morgan fingerprint density at radius 1 is 1.27 bits per heavy atom. The summed E-state index contributed by atoms with van der Waals surface area (Å²) in [6.07, 6.45) is 0. The van der Waals surface area contributed by atoms with Gasteiger partial charge in [-0.2, -0.15) is 4.68 Å². The summed E-state index contributed by atoms with van der Waals surface area (Å²) >= 11 is 1.17. The van der Waals surface area contributed by atoms with E-state index in [0.717, 1.165) is 5.69 Å². The lowest BCUT2D eigenvalue weighted by molar-refractivity contribution is -0.385. The van der Waals surface area contributed by atoms with E-state index >= 15 is 0 Å². The number of anilines is 1. The van der Waals surface area contributed by atoms with Crippen LogP contribution in [0.1, 0.15) is 5.56 Å². The molecule has 26 heavy (non-hydrogen) atoms. The van der Waals surface area contributed by atoms with Crippen LogP contribution < -0.4 is 5.32 Å². The number of nitro benzene ring substituents is 1. The molecule has 0 spiro atoms. The summed E-state index contributed by atoms with van der Waals surface area (Å²) in [5, 5.41) is 25.6. The molecule has 0 aliphatic rings. The number of aromatic nitrogens is 4. The van der Waals surface area contributed by atoms with Crippen molar-refractivity contribution in [1.82, 2.24) is 20.2 Å². The fourth-order valence-corrected chi connectivity index (χ4v) is 2.90. The average Bonchev–Trinajstić information content (AvgIpc) is 3.11. The fourth-order valence-electron chi connectivity index (χ4n) is 2.21. The van der Waals surface area contributed by atoms with E-state index in [1.165, 1.54) is 22.5 Å². The molecule has 3 rings (SSSR count). The minimum absolute atomic E-state index is 0.0385. The van der Waals surface area contributed by atoms with Crippen molar-refractivity contribution < 1.29 is 9.72 Å². The van der Waals surface area contributed by atoms with Gasteiger partial charge in [-0.15, -0.1) is 5.10 Å². The normalized spacial score (nSPS) is 10.5. The average molecular weight is 370 g/mol. The lowest BCUT2D eigenvalue weighted by Crippen LogP contribution is -2.14. The standard InChI is InChI=1S/C16H14N6O3S/c1-11-7-8-12(9-14(11)22(24)25)17-15(23)10-26-16-18-19-20-21(16)13-5-3-2-4-6-13/h2-9H,10H2,1H3,(H,17,23). The molecule has 132 valence electrons. The molecule has 0 radical (unpaired) electrons. The van der Waals surface area contributed by atoms with E-state index < -0.39 is 4.92 Å². The summed E-state index contributed by atoms with van der Waals surface area (Å²) in [4.78, 5) is 22.6. The van der Waals surface area contributed by atoms with Gasteiger partial charge in [0, 0.05) is 17.3 Å². The molecule has 9 nitrogen and oxygen atoms in total. The van der Waals surface area contributed by atoms with E-state index in [0.29, 0.717) is 16.4 Å². The Balaban J connectivity index is 1.65. The molecule has 0 bridgehead atoms. The van der Waals surface area contributed by atoms with Crippen molar-refractivity contribution in [3.8, 4) is 5.69 Å². The summed E-state index contributed by atoms with van der Waals surface area (Å²) in [5.41, 5.74) is 1.65. The molecule has 1 amide bonds. The second-order valence-electron chi connectivity index (χ2n) is 5.30. The quantitative estimate of drug-likeness (QED) is 0.403. The first kappa shape index (κ1) is 17.5. The Bertz CT molecular complexity index is 944. The van der Waals surface area contributed by atoms with Crippen LogP contribution in [0.3, 0.4) is 0 Å². The van der Waals surface area contributed by atoms with Crippen molar-refractivity contribution in [2.75, 3.05) is 11.1 Å². The number of hydrogen-bond donors (Lipinski definition) is 1. The van der Waals surface area contributed by atoms with E-state index in [4.69, 9.17) is 0 Å². The lowest BCUT2D eigenvalue weighted by Gasteiger charge is -2.06. The van der Waals surface area contributed by atoms with Crippen LogP contribution in [0.4, 0.5) is 11.4 Å². The van der Waals surface area contributed by atoms with E-state index in [-0.39, 0.29) is 17.3 Å². The summed E-state index contributed by atoms with van der Waals surface area (Å²) in [6, 6.07) is 13.9. The predicted molar refractivity (Wildman–Crippen MR) is 96.3 cm³/mol. The molecular weight excluding hydrogens is 356 g/mol. The SMILES string of the molecule is Cc1ccc(NC(=O)CSc2nnnn2-c2ccccc2)cc1[N+](=O)[O-]. The Morgan fingerprint density at radius 2 is 2.04 bits per heavy atom. The number of nitrogens with one attached hydrogen (secondary N) is 1. The Kier molecular flexibility index (Phi) is 5.23. The van der Waals surface area contributed by atoms with E-state index in [9.17, 15) is 14.9 Å². The number of thioether (sulfide) groups is 1. The van der Waals surface area contributed by atoms with Gasteiger partial charge in [-0.05, 0) is 35.5 Å². The zero-order valence-corrected chi connectivity index (χ0v) is 14.5. The molecule has 1 aromatic heterocycles. The van der Waals surface area contributed by atoms with E-state index in [2.05, 4.69) is 20.8 Å². The number of nitrogens with zero attached hydrogens (tertiary/aromatic N) is 5. The van der Waals surface area contributed by atoms with Crippen molar-refractivity contribution in [2.24, 2.45) is 0 Å². The molecule has 0 saturated heterocycles. The molecule has 2 aromatic carbocycles. The molecule has 1 heterocycles. The number of nitro groups is 1. The lowest BCUT2D eigenvalue weighted by atomic mass is 10.2. The van der Waals surface area contributed by atoms with Crippen LogP contribution in [-0.2, 0) is 4.79 Å². The molecule has 0 aliphatic carbocycles. The molecule has 0 fully saturated rings. The molecule has 0 saturated carbocycles. The highest BCUT2D eigenvalue weighted by molar-refractivity contribution is 7.99. The van der Waals surface area contributed by atoms with Gasteiger partial charge in [0.1, 0.15) is 0 Å². The van der Waals surface area contributed by atoms with E-state index in [1.54, 1.807) is 19.1 Å². The maximum absolute atomic E-state index is 12.1. The van der Waals surface area contributed by atoms with Gasteiger partial charge in [0.2, 0.25) is 11.1 Å². The predicted octanol–water partition coefficient (Wildman–Crippen LogP) is 2.61. The van der Waals surface area contributed by atoms with Crippen LogP contribution in [-0.4, -0.2) is 36.8 Å². The van der Waals surface area contributed by atoms with Crippen LogP contribution in [0.2, 0.25) is 0 Å². The highest BCUT2D eigenvalue weighted by Crippen LogP contribution is 2.23. The smallest absolute Gasteiger partial charge is 0.274 e. The van der Waals surface area contributed by atoms with E-state index in [1.807, 2.05) is 30.3 Å². The summed E-state index contributed by atoms with van der Waals surface area (Å²) in [7, 11) is 0. The van der Waals surface area contributed by atoms with Crippen molar-refractivity contribution in [3.05, 3.63) is 64.2 Å². The zero-order valence-electron chi connectivity index (χ0n) is 13.7. The van der Waals surface area contributed by atoms with Gasteiger partial charge in [0.25, 0.3) is 5.69 Å². The molecule has 0 aliphatic heterocycles. The number of carbonyl (C=O) groups excluding carboxylic acids is 1. The molecule has 10 heteroatoms. The summed E-state index contributed by atoms with van der Waals surface area (Å²) < 4.78 is 1.54. The highest BCUT2D eigenvalue weighted by Gasteiger charge is 2.14. The topological polar surface area (TPSA) is 116 Å². The number of benzene rings is 2. The number of rotatable bonds is 6. The Hall–Kier alpha value is -3.27. The number of aryl methyl sites for hydroxylation is 1. The minimum Gasteiger partial charge on any atom is -0.325 e. The first-order valence-electron chi connectivity index (χ1n) is 7.56. The van der Waals surface area contributed by atoms with Crippen LogP contribution in [0, 0.1) is 17.0 Å². The first-order valence-corrected chi connectivity index (χ1v) is 8.54. The maximum atomic E-state index is 12.1. The molecule has 1 N–H and O–H groups in total. The van der Waals surface area contributed by atoms with Crippen molar-refractivity contribution in [2.45, 2.75) is 12.1 Å². The molecule has 3 aromatic rings. The summed E-state index contributed by atoms with van der Waals surface area (Å²) in [6.45, 7) is 1.64.